The first-order valence-electron chi connectivity index (χ1n) is 4.90. The molecule has 0 spiro atoms. The third-order valence-corrected chi connectivity index (χ3v) is 2.55. The van der Waals surface area contributed by atoms with E-state index in [-0.39, 0.29) is 5.41 Å². The summed E-state index contributed by atoms with van der Waals surface area (Å²) in [6.07, 6.45) is 4.04. The van der Waals surface area contributed by atoms with Gasteiger partial charge in [-0.05, 0) is 17.5 Å². The van der Waals surface area contributed by atoms with E-state index in [1.54, 1.807) is 0 Å². The molecule has 0 saturated heterocycles. The standard InChI is InChI=1S/C12H16N2/c1-12(2,3)9-8-14(4)10-6-5-7-13-11(9)10/h5-8H,1-4H3. The highest BCUT2D eigenvalue weighted by Gasteiger charge is 2.19. The Morgan fingerprint density at radius 1 is 1.29 bits per heavy atom. The van der Waals surface area contributed by atoms with Crippen molar-refractivity contribution in [1.29, 1.82) is 0 Å². The summed E-state index contributed by atoms with van der Waals surface area (Å²) in [5, 5.41) is 0. The van der Waals surface area contributed by atoms with E-state index in [0.29, 0.717) is 0 Å². The zero-order valence-corrected chi connectivity index (χ0v) is 9.20. The average Bonchev–Trinajstić information content (AvgIpc) is 2.44. The molecule has 2 heteroatoms. The number of nitrogens with zero attached hydrogens (tertiary/aromatic N) is 2. The zero-order chi connectivity index (χ0) is 10.3. The molecular formula is C12H16N2. The maximum Gasteiger partial charge on any atom is 0.0918 e. The van der Waals surface area contributed by atoms with E-state index in [2.05, 4.69) is 49.6 Å². The van der Waals surface area contributed by atoms with Crippen LogP contribution < -0.4 is 0 Å². The predicted molar refractivity (Wildman–Crippen MR) is 59.4 cm³/mol. The van der Waals surface area contributed by atoms with E-state index >= 15 is 0 Å². The Morgan fingerprint density at radius 3 is 2.64 bits per heavy atom. The Kier molecular flexibility index (Phi) is 1.88. The molecule has 0 radical (unpaired) electrons. The van der Waals surface area contributed by atoms with Crippen molar-refractivity contribution >= 4 is 11.0 Å². The van der Waals surface area contributed by atoms with Crippen LogP contribution >= 0.6 is 0 Å². The molecule has 2 nitrogen and oxygen atoms in total. The number of hydrogen-bond acceptors (Lipinski definition) is 1. The van der Waals surface area contributed by atoms with Gasteiger partial charge in [0.05, 0.1) is 11.0 Å². The first-order valence-corrected chi connectivity index (χ1v) is 4.90. The second kappa shape index (κ2) is 2.84. The minimum absolute atomic E-state index is 0.161. The fourth-order valence-electron chi connectivity index (χ4n) is 1.76. The number of pyridine rings is 1. The summed E-state index contributed by atoms with van der Waals surface area (Å²) in [4.78, 5) is 4.45. The van der Waals surface area contributed by atoms with E-state index in [9.17, 15) is 0 Å². The van der Waals surface area contributed by atoms with Gasteiger partial charge in [-0.15, -0.1) is 0 Å². The van der Waals surface area contributed by atoms with Crippen LogP contribution in [0.3, 0.4) is 0 Å². The Morgan fingerprint density at radius 2 is 2.00 bits per heavy atom. The summed E-state index contributed by atoms with van der Waals surface area (Å²) in [7, 11) is 2.07. The second-order valence-corrected chi connectivity index (χ2v) is 4.77. The Labute approximate surface area is 84.6 Å². The second-order valence-electron chi connectivity index (χ2n) is 4.77. The summed E-state index contributed by atoms with van der Waals surface area (Å²) in [6.45, 7) is 6.66. The van der Waals surface area contributed by atoms with Crippen molar-refractivity contribution in [3.05, 3.63) is 30.1 Å². The van der Waals surface area contributed by atoms with Crippen molar-refractivity contribution in [2.45, 2.75) is 26.2 Å². The molecular weight excluding hydrogens is 172 g/mol. The molecule has 0 unspecified atom stereocenters. The van der Waals surface area contributed by atoms with Crippen molar-refractivity contribution in [3.8, 4) is 0 Å². The van der Waals surface area contributed by atoms with E-state index < -0.39 is 0 Å². The number of hydrogen-bond donors (Lipinski definition) is 0. The van der Waals surface area contributed by atoms with Gasteiger partial charge in [0, 0.05) is 25.0 Å². The molecule has 2 heterocycles. The summed E-state index contributed by atoms with van der Waals surface area (Å²) in [5.74, 6) is 0. The summed E-state index contributed by atoms with van der Waals surface area (Å²) in [6, 6.07) is 4.09. The van der Waals surface area contributed by atoms with Gasteiger partial charge in [-0.2, -0.15) is 0 Å². The predicted octanol–water partition coefficient (Wildman–Crippen LogP) is 2.87. The molecule has 2 rings (SSSR count). The summed E-state index contributed by atoms with van der Waals surface area (Å²) in [5.41, 5.74) is 3.81. The van der Waals surface area contributed by atoms with Crippen molar-refractivity contribution in [3.63, 3.8) is 0 Å². The lowest BCUT2D eigenvalue weighted by atomic mass is 9.88. The first-order chi connectivity index (χ1) is 6.50. The van der Waals surface area contributed by atoms with Gasteiger partial charge in [-0.25, -0.2) is 0 Å². The van der Waals surface area contributed by atoms with E-state index in [1.807, 2.05) is 12.3 Å². The van der Waals surface area contributed by atoms with Crippen LogP contribution in [-0.2, 0) is 12.5 Å². The lowest BCUT2D eigenvalue weighted by Gasteiger charge is -2.16. The van der Waals surface area contributed by atoms with Gasteiger partial charge >= 0.3 is 0 Å². The minimum Gasteiger partial charge on any atom is -0.349 e. The quantitative estimate of drug-likeness (QED) is 0.621. The van der Waals surface area contributed by atoms with Gasteiger partial charge in [0.15, 0.2) is 0 Å². The Balaban J connectivity index is 2.80. The molecule has 2 aromatic heterocycles. The summed E-state index contributed by atoms with van der Waals surface area (Å²) < 4.78 is 2.14. The van der Waals surface area contributed by atoms with Crippen LogP contribution in [0.2, 0.25) is 0 Å². The van der Waals surface area contributed by atoms with Crippen LogP contribution in [0.5, 0.6) is 0 Å². The van der Waals surface area contributed by atoms with Gasteiger partial charge in [-0.3, -0.25) is 4.98 Å². The third-order valence-electron chi connectivity index (χ3n) is 2.55. The van der Waals surface area contributed by atoms with E-state index in [4.69, 9.17) is 0 Å². The largest absolute Gasteiger partial charge is 0.349 e. The molecule has 0 aromatic carbocycles. The highest BCUT2D eigenvalue weighted by Crippen LogP contribution is 2.29. The molecule has 14 heavy (non-hydrogen) atoms. The number of fused-ring (bicyclic) bond motifs is 1. The van der Waals surface area contributed by atoms with Crippen LogP contribution in [0.25, 0.3) is 11.0 Å². The molecule has 0 aliphatic rings. The SMILES string of the molecule is Cn1cc(C(C)(C)C)c2ncccc21. The lowest BCUT2D eigenvalue weighted by molar-refractivity contribution is 0.592. The van der Waals surface area contributed by atoms with Crippen molar-refractivity contribution in [2.75, 3.05) is 0 Å². The van der Waals surface area contributed by atoms with Gasteiger partial charge in [-0.1, -0.05) is 20.8 Å². The van der Waals surface area contributed by atoms with E-state index in [0.717, 1.165) is 5.52 Å². The fraction of sp³-hybridized carbons (Fsp3) is 0.417. The van der Waals surface area contributed by atoms with Crippen LogP contribution in [0.15, 0.2) is 24.5 Å². The normalized spacial score (nSPS) is 12.3. The number of aryl methyl sites for hydroxylation is 1. The van der Waals surface area contributed by atoms with Crippen molar-refractivity contribution in [1.82, 2.24) is 9.55 Å². The molecule has 0 amide bonds. The maximum absolute atomic E-state index is 4.45. The average molecular weight is 188 g/mol. The third kappa shape index (κ3) is 1.31. The van der Waals surface area contributed by atoms with Crippen molar-refractivity contribution in [2.24, 2.45) is 7.05 Å². The summed E-state index contributed by atoms with van der Waals surface area (Å²) >= 11 is 0. The number of aromatic nitrogens is 2. The first kappa shape index (κ1) is 9.25. The molecule has 0 bridgehead atoms. The molecule has 74 valence electrons. The molecule has 0 atom stereocenters. The molecule has 0 fully saturated rings. The van der Waals surface area contributed by atoms with Gasteiger partial charge in [0.2, 0.25) is 0 Å². The molecule has 0 saturated carbocycles. The fourth-order valence-corrected chi connectivity index (χ4v) is 1.76. The smallest absolute Gasteiger partial charge is 0.0918 e. The van der Waals surface area contributed by atoms with Crippen LogP contribution in [0.1, 0.15) is 26.3 Å². The Bertz CT molecular complexity index is 461. The molecule has 0 aliphatic carbocycles. The highest BCUT2D eigenvalue weighted by atomic mass is 14.9. The zero-order valence-electron chi connectivity index (χ0n) is 9.20. The van der Waals surface area contributed by atoms with Crippen molar-refractivity contribution < 1.29 is 0 Å². The molecule has 2 aromatic rings. The molecule has 0 N–H and O–H groups in total. The minimum atomic E-state index is 0.161. The van der Waals surface area contributed by atoms with Crippen LogP contribution in [0.4, 0.5) is 0 Å². The number of rotatable bonds is 0. The Hall–Kier alpha value is -1.31. The van der Waals surface area contributed by atoms with E-state index in [1.165, 1.54) is 11.1 Å². The van der Waals surface area contributed by atoms with Crippen LogP contribution in [0, 0.1) is 0 Å². The lowest BCUT2D eigenvalue weighted by Crippen LogP contribution is -2.10. The van der Waals surface area contributed by atoms with Gasteiger partial charge < -0.3 is 4.57 Å². The molecule has 0 aliphatic heterocycles. The van der Waals surface area contributed by atoms with Crippen LogP contribution in [-0.4, -0.2) is 9.55 Å². The van der Waals surface area contributed by atoms with Gasteiger partial charge in [0.1, 0.15) is 0 Å². The topological polar surface area (TPSA) is 17.8 Å². The monoisotopic (exact) mass is 188 g/mol. The van der Waals surface area contributed by atoms with Gasteiger partial charge in [0.25, 0.3) is 0 Å². The maximum atomic E-state index is 4.45. The highest BCUT2D eigenvalue weighted by molar-refractivity contribution is 5.80.